The zero-order valence-electron chi connectivity index (χ0n) is 9.79. The van der Waals surface area contributed by atoms with Crippen LogP contribution in [0.1, 0.15) is 16.8 Å². The SMILES string of the molecule is CNc1nccc(C(=O)NC2CNC(=O)C2)c1F. The molecule has 96 valence electrons. The monoisotopic (exact) mass is 252 g/mol. The number of amides is 2. The first-order valence-electron chi connectivity index (χ1n) is 5.51. The lowest BCUT2D eigenvalue weighted by molar-refractivity contribution is -0.119. The molecule has 18 heavy (non-hydrogen) atoms. The van der Waals surface area contributed by atoms with Crippen molar-refractivity contribution in [1.82, 2.24) is 15.6 Å². The number of nitrogens with one attached hydrogen (secondary N) is 3. The largest absolute Gasteiger partial charge is 0.371 e. The van der Waals surface area contributed by atoms with E-state index >= 15 is 0 Å². The highest BCUT2D eigenvalue weighted by Gasteiger charge is 2.25. The lowest BCUT2D eigenvalue weighted by Gasteiger charge is -2.11. The molecular formula is C11H13FN4O2. The average Bonchev–Trinajstić information content (AvgIpc) is 2.75. The zero-order chi connectivity index (χ0) is 13.1. The Morgan fingerprint density at radius 2 is 2.39 bits per heavy atom. The summed E-state index contributed by atoms with van der Waals surface area (Å²) in [7, 11) is 1.52. The van der Waals surface area contributed by atoms with Gasteiger partial charge in [-0.2, -0.15) is 0 Å². The van der Waals surface area contributed by atoms with E-state index in [1.54, 1.807) is 0 Å². The molecule has 1 unspecified atom stereocenters. The zero-order valence-corrected chi connectivity index (χ0v) is 9.79. The van der Waals surface area contributed by atoms with Crippen LogP contribution in [0.25, 0.3) is 0 Å². The van der Waals surface area contributed by atoms with Crippen LogP contribution >= 0.6 is 0 Å². The smallest absolute Gasteiger partial charge is 0.254 e. The van der Waals surface area contributed by atoms with Gasteiger partial charge in [-0.15, -0.1) is 0 Å². The van der Waals surface area contributed by atoms with Crippen molar-refractivity contribution in [3.63, 3.8) is 0 Å². The molecule has 1 saturated heterocycles. The molecule has 0 radical (unpaired) electrons. The third-order valence-electron chi connectivity index (χ3n) is 2.68. The molecule has 1 atom stereocenters. The van der Waals surface area contributed by atoms with Gasteiger partial charge in [0.2, 0.25) is 5.91 Å². The molecule has 0 bridgehead atoms. The van der Waals surface area contributed by atoms with Crippen LogP contribution in [0.4, 0.5) is 10.2 Å². The first-order valence-corrected chi connectivity index (χ1v) is 5.51. The number of nitrogens with zero attached hydrogens (tertiary/aromatic N) is 1. The topological polar surface area (TPSA) is 83.1 Å². The quantitative estimate of drug-likeness (QED) is 0.700. The van der Waals surface area contributed by atoms with Gasteiger partial charge in [0.25, 0.3) is 5.91 Å². The average molecular weight is 252 g/mol. The summed E-state index contributed by atoms with van der Waals surface area (Å²) < 4.78 is 13.8. The Labute approximate surface area is 103 Å². The van der Waals surface area contributed by atoms with Gasteiger partial charge in [-0.25, -0.2) is 9.37 Å². The third kappa shape index (κ3) is 2.39. The Balaban J connectivity index is 2.11. The summed E-state index contributed by atoms with van der Waals surface area (Å²) >= 11 is 0. The van der Waals surface area contributed by atoms with Gasteiger partial charge in [-0.3, -0.25) is 9.59 Å². The van der Waals surface area contributed by atoms with Crippen molar-refractivity contribution in [3.8, 4) is 0 Å². The first kappa shape index (κ1) is 12.3. The molecule has 3 N–H and O–H groups in total. The van der Waals surface area contributed by atoms with Crippen molar-refractivity contribution in [2.24, 2.45) is 0 Å². The van der Waals surface area contributed by atoms with Gasteiger partial charge in [0.05, 0.1) is 11.6 Å². The van der Waals surface area contributed by atoms with Crippen LogP contribution < -0.4 is 16.0 Å². The van der Waals surface area contributed by atoms with E-state index in [9.17, 15) is 14.0 Å². The van der Waals surface area contributed by atoms with Crippen LogP contribution in [0.5, 0.6) is 0 Å². The predicted octanol–water partition coefficient (Wildman–Crippen LogP) is -0.119. The minimum absolute atomic E-state index is 0.0169. The minimum Gasteiger partial charge on any atom is -0.371 e. The fourth-order valence-corrected chi connectivity index (χ4v) is 1.76. The Bertz CT molecular complexity index is 492. The molecule has 6 nitrogen and oxygen atoms in total. The van der Waals surface area contributed by atoms with Crippen molar-refractivity contribution in [3.05, 3.63) is 23.6 Å². The molecule has 1 aliphatic rings. The maximum Gasteiger partial charge on any atom is 0.254 e. The lowest BCUT2D eigenvalue weighted by atomic mass is 10.2. The van der Waals surface area contributed by atoms with Gasteiger partial charge in [0.15, 0.2) is 11.6 Å². The fourth-order valence-electron chi connectivity index (χ4n) is 1.76. The number of pyridine rings is 1. The third-order valence-corrected chi connectivity index (χ3v) is 2.68. The fraction of sp³-hybridized carbons (Fsp3) is 0.364. The molecule has 2 amide bonds. The molecule has 7 heteroatoms. The molecule has 2 heterocycles. The lowest BCUT2D eigenvalue weighted by Crippen LogP contribution is -2.36. The summed E-state index contributed by atoms with van der Waals surface area (Å²) in [6.07, 6.45) is 1.57. The maximum absolute atomic E-state index is 13.8. The second-order valence-corrected chi connectivity index (χ2v) is 3.95. The van der Waals surface area contributed by atoms with Gasteiger partial charge < -0.3 is 16.0 Å². The Morgan fingerprint density at radius 3 is 3.00 bits per heavy atom. The van der Waals surface area contributed by atoms with Crippen molar-refractivity contribution in [2.75, 3.05) is 18.9 Å². The van der Waals surface area contributed by atoms with Crippen LogP contribution in [-0.4, -0.2) is 36.4 Å². The highest BCUT2D eigenvalue weighted by Crippen LogP contribution is 2.14. The molecule has 1 aromatic rings. The summed E-state index contributed by atoms with van der Waals surface area (Å²) in [4.78, 5) is 26.6. The van der Waals surface area contributed by atoms with Crippen molar-refractivity contribution in [2.45, 2.75) is 12.5 Å². The number of carbonyl (C=O) groups excluding carboxylic acids is 2. The van der Waals surface area contributed by atoms with Crippen LogP contribution in [0.2, 0.25) is 0 Å². The van der Waals surface area contributed by atoms with E-state index in [4.69, 9.17) is 0 Å². The molecule has 0 spiro atoms. The first-order chi connectivity index (χ1) is 8.61. The molecule has 0 aliphatic carbocycles. The van der Waals surface area contributed by atoms with E-state index in [0.717, 1.165) is 0 Å². The van der Waals surface area contributed by atoms with Gasteiger partial charge in [-0.05, 0) is 6.07 Å². The summed E-state index contributed by atoms with van der Waals surface area (Å²) in [5.41, 5.74) is -0.0892. The Morgan fingerprint density at radius 1 is 1.61 bits per heavy atom. The summed E-state index contributed by atoms with van der Waals surface area (Å²) in [5, 5.41) is 7.75. The Kier molecular flexibility index (Phi) is 3.40. The van der Waals surface area contributed by atoms with E-state index in [0.29, 0.717) is 6.54 Å². The molecule has 1 aliphatic heterocycles. The normalized spacial score (nSPS) is 18.3. The number of rotatable bonds is 3. The van der Waals surface area contributed by atoms with Gasteiger partial charge in [0.1, 0.15) is 0 Å². The number of hydrogen-bond acceptors (Lipinski definition) is 4. The molecular weight excluding hydrogens is 239 g/mol. The second kappa shape index (κ2) is 4.99. The van der Waals surface area contributed by atoms with Crippen LogP contribution in [-0.2, 0) is 4.79 Å². The molecule has 1 aromatic heterocycles. The van der Waals surface area contributed by atoms with E-state index < -0.39 is 11.7 Å². The van der Waals surface area contributed by atoms with Crippen LogP contribution in [0.15, 0.2) is 12.3 Å². The van der Waals surface area contributed by atoms with Crippen molar-refractivity contribution in [1.29, 1.82) is 0 Å². The maximum atomic E-state index is 13.8. The standard InChI is InChI=1S/C11H13FN4O2/c1-13-10-9(12)7(2-3-14-10)11(18)16-6-4-8(17)15-5-6/h2-3,6H,4-5H2,1H3,(H,13,14)(H,15,17)(H,16,18). The van der Waals surface area contributed by atoms with Crippen molar-refractivity contribution < 1.29 is 14.0 Å². The van der Waals surface area contributed by atoms with Crippen LogP contribution in [0.3, 0.4) is 0 Å². The van der Waals surface area contributed by atoms with E-state index in [1.807, 2.05) is 0 Å². The van der Waals surface area contributed by atoms with E-state index in [2.05, 4.69) is 20.9 Å². The predicted molar refractivity (Wildman–Crippen MR) is 62.6 cm³/mol. The highest BCUT2D eigenvalue weighted by atomic mass is 19.1. The molecule has 0 aromatic carbocycles. The van der Waals surface area contributed by atoms with Gasteiger partial charge in [0, 0.05) is 26.2 Å². The minimum atomic E-state index is -0.699. The summed E-state index contributed by atoms with van der Waals surface area (Å²) in [6, 6.07) is 1.01. The van der Waals surface area contributed by atoms with E-state index in [1.165, 1.54) is 19.3 Å². The molecule has 1 fully saturated rings. The van der Waals surface area contributed by atoms with E-state index in [-0.39, 0.29) is 29.8 Å². The highest BCUT2D eigenvalue weighted by molar-refractivity contribution is 5.96. The summed E-state index contributed by atoms with van der Waals surface area (Å²) in [6.45, 7) is 0.371. The number of carbonyl (C=O) groups is 2. The number of anilines is 1. The summed E-state index contributed by atoms with van der Waals surface area (Å²) in [5.74, 6) is -1.35. The van der Waals surface area contributed by atoms with Gasteiger partial charge >= 0.3 is 0 Å². The molecule has 2 rings (SSSR count). The second-order valence-electron chi connectivity index (χ2n) is 3.95. The van der Waals surface area contributed by atoms with Gasteiger partial charge in [-0.1, -0.05) is 0 Å². The Hall–Kier alpha value is -2.18. The number of halogens is 1. The number of hydrogen-bond donors (Lipinski definition) is 3. The number of aromatic nitrogens is 1. The van der Waals surface area contributed by atoms with Crippen LogP contribution in [0, 0.1) is 5.82 Å². The molecule has 0 saturated carbocycles. The van der Waals surface area contributed by atoms with Crippen molar-refractivity contribution >= 4 is 17.6 Å².